The van der Waals surface area contributed by atoms with Crippen molar-refractivity contribution in [1.82, 2.24) is 5.32 Å². The van der Waals surface area contributed by atoms with Gasteiger partial charge in [-0.15, -0.1) is 6.58 Å². The average molecular weight is 217 g/mol. The van der Waals surface area contributed by atoms with Crippen LogP contribution in [0.25, 0.3) is 0 Å². The van der Waals surface area contributed by atoms with E-state index in [1.165, 1.54) is 18.4 Å². The van der Waals surface area contributed by atoms with Crippen LogP contribution < -0.4 is 10.1 Å². The third-order valence-corrected chi connectivity index (χ3v) is 2.71. The highest BCUT2D eigenvalue weighted by Crippen LogP contribution is 2.19. The molecule has 0 amide bonds. The number of para-hydroxylation sites is 1. The molecule has 0 spiro atoms. The van der Waals surface area contributed by atoms with Gasteiger partial charge in [0.25, 0.3) is 0 Å². The normalized spacial score (nSPS) is 14.8. The van der Waals surface area contributed by atoms with Gasteiger partial charge < -0.3 is 10.1 Å². The molecular formula is C14H19NO. The average Bonchev–Trinajstić information content (AvgIpc) is 3.11. The van der Waals surface area contributed by atoms with E-state index in [0.29, 0.717) is 0 Å². The molecule has 86 valence electrons. The molecule has 2 heteroatoms. The molecule has 0 heterocycles. The van der Waals surface area contributed by atoms with Crippen LogP contribution in [0.1, 0.15) is 18.4 Å². The van der Waals surface area contributed by atoms with Gasteiger partial charge in [0.2, 0.25) is 0 Å². The molecule has 0 saturated heterocycles. The number of nitrogens with one attached hydrogen (secondary N) is 1. The highest BCUT2D eigenvalue weighted by Gasteiger charge is 2.19. The quantitative estimate of drug-likeness (QED) is 0.560. The molecule has 16 heavy (non-hydrogen) atoms. The second kappa shape index (κ2) is 5.71. The number of hydrogen-bond donors (Lipinski definition) is 1. The summed E-state index contributed by atoms with van der Waals surface area (Å²) in [6.45, 7) is 5.44. The summed E-state index contributed by atoms with van der Waals surface area (Å²) < 4.78 is 5.76. The van der Waals surface area contributed by atoms with Gasteiger partial charge in [0, 0.05) is 12.6 Å². The van der Waals surface area contributed by atoms with Crippen LogP contribution in [-0.2, 0) is 6.42 Å². The summed E-state index contributed by atoms with van der Waals surface area (Å²) in [6, 6.07) is 8.91. The lowest BCUT2D eigenvalue weighted by molar-refractivity contribution is 0.311. The van der Waals surface area contributed by atoms with Crippen LogP contribution >= 0.6 is 0 Å². The van der Waals surface area contributed by atoms with Crippen molar-refractivity contribution >= 4 is 0 Å². The topological polar surface area (TPSA) is 21.3 Å². The van der Waals surface area contributed by atoms with Gasteiger partial charge >= 0.3 is 0 Å². The van der Waals surface area contributed by atoms with Crippen molar-refractivity contribution < 1.29 is 4.74 Å². The van der Waals surface area contributed by atoms with Gasteiger partial charge in [-0.1, -0.05) is 24.3 Å². The maximum absolute atomic E-state index is 5.76. The molecule has 1 aliphatic carbocycles. The molecule has 0 unspecified atom stereocenters. The van der Waals surface area contributed by atoms with Gasteiger partial charge in [-0.2, -0.15) is 0 Å². The Morgan fingerprint density at radius 1 is 1.38 bits per heavy atom. The highest BCUT2D eigenvalue weighted by atomic mass is 16.5. The molecule has 2 nitrogen and oxygen atoms in total. The van der Waals surface area contributed by atoms with Crippen LogP contribution in [0.4, 0.5) is 0 Å². The lowest BCUT2D eigenvalue weighted by atomic mass is 10.1. The summed E-state index contributed by atoms with van der Waals surface area (Å²) in [7, 11) is 0. The molecule has 0 aliphatic heterocycles. The SMILES string of the molecule is C=CCc1ccccc1OCCNC1CC1. The number of ether oxygens (including phenoxy) is 1. The van der Waals surface area contributed by atoms with Gasteiger partial charge in [0.05, 0.1) is 0 Å². The van der Waals surface area contributed by atoms with Gasteiger partial charge in [-0.05, 0) is 30.9 Å². The molecule has 1 aromatic carbocycles. The molecular weight excluding hydrogens is 198 g/mol. The van der Waals surface area contributed by atoms with E-state index in [1.54, 1.807) is 0 Å². The van der Waals surface area contributed by atoms with Gasteiger partial charge in [0.1, 0.15) is 12.4 Å². The molecule has 0 aromatic heterocycles. The molecule has 2 rings (SSSR count). The number of allylic oxidation sites excluding steroid dienone is 1. The smallest absolute Gasteiger partial charge is 0.122 e. The molecule has 0 atom stereocenters. The van der Waals surface area contributed by atoms with Gasteiger partial charge in [-0.3, -0.25) is 0 Å². The zero-order chi connectivity index (χ0) is 11.2. The first kappa shape index (κ1) is 11.2. The van der Waals surface area contributed by atoms with E-state index < -0.39 is 0 Å². The fourth-order valence-corrected chi connectivity index (χ4v) is 1.68. The van der Waals surface area contributed by atoms with Crippen LogP contribution in [0.15, 0.2) is 36.9 Å². The molecule has 1 fully saturated rings. The van der Waals surface area contributed by atoms with Crippen LogP contribution in [0.5, 0.6) is 5.75 Å². The van der Waals surface area contributed by atoms with Crippen LogP contribution in [-0.4, -0.2) is 19.2 Å². The second-order valence-corrected chi connectivity index (χ2v) is 4.18. The lowest BCUT2D eigenvalue weighted by Crippen LogP contribution is -2.23. The van der Waals surface area contributed by atoms with Crippen molar-refractivity contribution in [3.8, 4) is 5.75 Å². The fraction of sp³-hybridized carbons (Fsp3) is 0.429. The third kappa shape index (κ3) is 3.38. The molecule has 1 aromatic rings. The van der Waals surface area contributed by atoms with Crippen LogP contribution in [0, 0.1) is 0 Å². The zero-order valence-corrected chi connectivity index (χ0v) is 9.61. The molecule has 0 bridgehead atoms. The predicted octanol–water partition coefficient (Wildman–Crippen LogP) is 2.55. The van der Waals surface area contributed by atoms with E-state index in [0.717, 1.165) is 31.4 Å². The van der Waals surface area contributed by atoms with Crippen molar-refractivity contribution in [2.75, 3.05) is 13.2 Å². The third-order valence-electron chi connectivity index (χ3n) is 2.71. The van der Waals surface area contributed by atoms with Gasteiger partial charge in [0.15, 0.2) is 0 Å². The summed E-state index contributed by atoms with van der Waals surface area (Å²) in [6.07, 6.45) is 5.43. The van der Waals surface area contributed by atoms with Crippen LogP contribution in [0.3, 0.4) is 0 Å². The summed E-state index contributed by atoms with van der Waals surface area (Å²) in [5.41, 5.74) is 1.21. The van der Waals surface area contributed by atoms with Crippen molar-refractivity contribution in [2.24, 2.45) is 0 Å². The monoisotopic (exact) mass is 217 g/mol. The largest absolute Gasteiger partial charge is 0.492 e. The van der Waals surface area contributed by atoms with E-state index in [4.69, 9.17) is 4.74 Å². The Morgan fingerprint density at radius 2 is 2.19 bits per heavy atom. The molecule has 0 radical (unpaired) electrons. The Balaban J connectivity index is 1.79. The van der Waals surface area contributed by atoms with Gasteiger partial charge in [-0.25, -0.2) is 0 Å². The van der Waals surface area contributed by atoms with E-state index in [-0.39, 0.29) is 0 Å². The van der Waals surface area contributed by atoms with E-state index in [1.807, 2.05) is 24.3 Å². The summed E-state index contributed by atoms with van der Waals surface area (Å²) in [5, 5.41) is 3.43. The maximum Gasteiger partial charge on any atom is 0.122 e. The Hall–Kier alpha value is -1.28. The Bertz CT molecular complexity index is 344. The Kier molecular flexibility index (Phi) is 4.00. The van der Waals surface area contributed by atoms with Crippen molar-refractivity contribution in [1.29, 1.82) is 0 Å². The van der Waals surface area contributed by atoms with E-state index >= 15 is 0 Å². The first-order valence-corrected chi connectivity index (χ1v) is 5.95. The van der Waals surface area contributed by atoms with Crippen molar-refractivity contribution in [3.05, 3.63) is 42.5 Å². The first-order chi connectivity index (χ1) is 7.90. The number of hydrogen-bond acceptors (Lipinski definition) is 2. The highest BCUT2D eigenvalue weighted by molar-refractivity contribution is 5.34. The summed E-state index contributed by atoms with van der Waals surface area (Å²) in [5.74, 6) is 0.986. The predicted molar refractivity (Wildman–Crippen MR) is 66.9 cm³/mol. The Labute approximate surface area is 97.3 Å². The number of rotatable bonds is 7. The minimum absolute atomic E-state index is 0.741. The van der Waals surface area contributed by atoms with Crippen molar-refractivity contribution in [2.45, 2.75) is 25.3 Å². The minimum atomic E-state index is 0.741. The number of benzene rings is 1. The zero-order valence-electron chi connectivity index (χ0n) is 9.61. The van der Waals surface area contributed by atoms with E-state index in [9.17, 15) is 0 Å². The second-order valence-electron chi connectivity index (χ2n) is 4.18. The maximum atomic E-state index is 5.76. The van der Waals surface area contributed by atoms with E-state index in [2.05, 4.69) is 18.0 Å². The van der Waals surface area contributed by atoms with Crippen LogP contribution in [0.2, 0.25) is 0 Å². The summed E-state index contributed by atoms with van der Waals surface area (Å²) >= 11 is 0. The Morgan fingerprint density at radius 3 is 2.94 bits per heavy atom. The molecule has 1 N–H and O–H groups in total. The molecule has 1 aliphatic rings. The first-order valence-electron chi connectivity index (χ1n) is 5.95. The minimum Gasteiger partial charge on any atom is -0.492 e. The van der Waals surface area contributed by atoms with Crippen molar-refractivity contribution in [3.63, 3.8) is 0 Å². The standard InChI is InChI=1S/C14H19NO/c1-2-5-12-6-3-4-7-14(12)16-11-10-15-13-8-9-13/h2-4,6-7,13,15H,1,5,8-11H2. The fourth-order valence-electron chi connectivity index (χ4n) is 1.68. The summed E-state index contributed by atoms with van der Waals surface area (Å²) in [4.78, 5) is 0. The lowest BCUT2D eigenvalue weighted by Gasteiger charge is -2.10. The molecule has 1 saturated carbocycles.